The van der Waals surface area contributed by atoms with Gasteiger partial charge in [-0.3, -0.25) is 10.1 Å². The molecule has 3 aliphatic rings. The highest BCUT2D eigenvalue weighted by atomic mass is 16.6. The molecule has 6 amide bonds. The molecule has 1 atom stereocenters. The second-order valence-corrected chi connectivity index (χ2v) is 14.2. The van der Waals surface area contributed by atoms with E-state index >= 15 is 0 Å². The molecule has 258 valence electrons. The Kier molecular flexibility index (Phi) is 9.80. The third-order valence-electron chi connectivity index (χ3n) is 9.42. The molecular formula is C38H46N6O5. The van der Waals surface area contributed by atoms with Crippen LogP contribution in [0.4, 0.5) is 25.8 Å². The number of nitrogens with zero attached hydrogens (tertiary/aromatic N) is 3. The molecule has 3 heterocycles. The smallest absolute Gasteiger partial charge is 0.412 e. The Bertz CT molecular complexity index is 1710. The molecule has 0 aromatic heterocycles. The number of fused-ring (bicyclic) bond motifs is 2. The topological polar surface area (TPSA) is 123 Å². The minimum atomic E-state index is -0.702. The summed E-state index contributed by atoms with van der Waals surface area (Å²) >= 11 is 0. The van der Waals surface area contributed by atoms with E-state index in [1.54, 1.807) is 9.80 Å². The highest BCUT2D eigenvalue weighted by Crippen LogP contribution is 2.29. The summed E-state index contributed by atoms with van der Waals surface area (Å²) in [6.45, 7) is 9.63. The van der Waals surface area contributed by atoms with Crippen LogP contribution >= 0.6 is 0 Å². The summed E-state index contributed by atoms with van der Waals surface area (Å²) in [4.78, 5) is 58.7. The molecule has 11 nitrogen and oxygen atoms in total. The van der Waals surface area contributed by atoms with Gasteiger partial charge >= 0.3 is 18.2 Å². The van der Waals surface area contributed by atoms with Crippen LogP contribution in [0.3, 0.4) is 0 Å². The number of carbonyl (C=O) groups is 4. The molecule has 3 aliphatic heterocycles. The third kappa shape index (κ3) is 8.16. The van der Waals surface area contributed by atoms with Gasteiger partial charge in [0.1, 0.15) is 11.6 Å². The Labute approximate surface area is 288 Å². The average Bonchev–Trinajstić information content (AvgIpc) is 3.06. The fraction of sp³-hybridized carbons (Fsp3) is 0.421. The van der Waals surface area contributed by atoms with Gasteiger partial charge in [0.2, 0.25) is 5.91 Å². The first-order valence-electron chi connectivity index (χ1n) is 17.1. The van der Waals surface area contributed by atoms with E-state index in [4.69, 9.17) is 4.74 Å². The van der Waals surface area contributed by atoms with Crippen molar-refractivity contribution in [2.45, 2.75) is 90.7 Å². The molecule has 1 saturated heterocycles. The lowest BCUT2D eigenvalue weighted by Crippen LogP contribution is -2.56. The van der Waals surface area contributed by atoms with Gasteiger partial charge in [0, 0.05) is 50.1 Å². The Hall–Kier alpha value is -5.06. The van der Waals surface area contributed by atoms with Gasteiger partial charge in [-0.1, -0.05) is 54.6 Å². The van der Waals surface area contributed by atoms with Gasteiger partial charge in [-0.25, -0.2) is 14.4 Å². The van der Waals surface area contributed by atoms with Crippen LogP contribution in [-0.2, 0) is 35.6 Å². The molecule has 3 aromatic carbocycles. The number of benzene rings is 3. The van der Waals surface area contributed by atoms with Crippen LogP contribution in [0.5, 0.6) is 0 Å². The number of amides is 6. The van der Waals surface area contributed by atoms with Crippen LogP contribution in [0.1, 0.15) is 67.9 Å². The number of urea groups is 2. The molecule has 0 bridgehead atoms. The summed E-state index contributed by atoms with van der Waals surface area (Å²) in [7, 11) is 0. The number of anilines is 2. The highest BCUT2D eigenvalue weighted by Gasteiger charge is 2.35. The van der Waals surface area contributed by atoms with E-state index in [9.17, 15) is 19.2 Å². The lowest BCUT2D eigenvalue weighted by atomic mass is 9.93. The second kappa shape index (κ2) is 14.2. The zero-order valence-electron chi connectivity index (χ0n) is 28.8. The number of rotatable bonds is 5. The van der Waals surface area contributed by atoms with Crippen LogP contribution in [0.25, 0.3) is 0 Å². The van der Waals surface area contributed by atoms with Crippen molar-refractivity contribution in [1.82, 2.24) is 20.0 Å². The monoisotopic (exact) mass is 666 g/mol. The van der Waals surface area contributed by atoms with Crippen molar-refractivity contribution in [1.29, 1.82) is 0 Å². The summed E-state index contributed by atoms with van der Waals surface area (Å²) in [5, 5.41) is 8.94. The highest BCUT2D eigenvalue weighted by molar-refractivity contribution is 5.92. The van der Waals surface area contributed by atoms with E-state index in [2.05, 4.69) is 22.0 Å². The molecule has 1 fully saturated rings. The van der Waals surface area contributed by atoms with Crippen molar-refractivity contribution in [2.24, 2.45) is 0 Å². The number of hydrogen-bond acceptors (Lipinski definition) is 5. The molecule has 0 aliphatic carbocycles. The van der Waals surface area contributed by atoms with E-state index in [0.717, 1.165) is 33.5 Å². The minimum absolute atomic E-state index is 0.0243. The number of aryl methyl sites for hydroxylation is 2. The van der Waals surface area contributed by atoms with E-state index in [-0.39, 0.29) is 24.0 Å². The van der Waals surface area contributed by atoms with Gasteiger partial charge in [-0.15, -0.1) is 0 Å². The van der Waals surface area contributed by atoms with Gasteiger partial charge in [-0.05, 0) is 93.3 Å². The van der Waals surface area contributed by atoms with E-state index in [1.807, 2.05) is 93.3 Å². The summed E-state index contributed by atoms with van der Waals surface area (Å²) in [5.41, 5.74) is 5.82. The zero-order chi connectivity index (χ0) is 34.7. The van der Waals surface area contributed by atoms with Gasteiger partial charge in [0.05, 0.1) is 0 Å². The number of carbonyl (C=O) groups excluding carboxylic acids is 4. The molecule has 3 N–H and O–H groups in total. The first-order chi connectivity index (χ1) is 23.4. The van der Waals surface area contributed by atoms with Crippen LogP contribution in [0.15, 0.2) is 66.7 Å². The van der Waals surface area contributed by atoms with Crippen LogP contribution < -0.4 is 16.0 Å². The number of ether oxygens (including phenoxy) is 1. The van der Waals surface area contributed by atoms with Crippen LogP contribution in [0, 0.1) is 6.92 Å². The maximum Gasteiger partial charge on any atom is 0.412 e. The maximum atomic E-state index is 14.2. The van der Waals surface area contributed by atoms with Gasteiger partial charge < -0.3 is 30.1 Å². The van der Waals surface area contributed by atoms with E-state index in [0.29, 0.717) is 64.1 Å². The second-order valence-electron chi connectivity index (χ2n) is 14.2. The largest absolute Gasteiger partial charge is 0.444 e. The molecule has 3 aromatic rings. The first-order valence-corrected chi connectivity index (χ1v) is 17.1. The summed E-state index contributed by atoms with van der Waals surface area (Å²) in [5.74, 6) is -0.149. The predicted molar refractivity (Wildman–Crippen MR) is 188 cm³/mol. The van der Waals surface area contributed by atoms with Crippen molar-refractivity contribution in [3.63, 3.8) is 0 Å². The zero-order valence-corrected chi connectivity index (χ0v) is 28.8. The number of nitrogens with one attached hydrogen (secondary N) is 3. The molecule has 49 heavy (non-hydrogen) atoms. The molecule has 0 spiro atoms. The normalized spacial score (nSPS) is 18.4. The minimum Gasteiger partial charge on any atom is -0.444 e. The standard InChI is InChI=1S/C38H46N6O5/c1-25-20-27-14-15-32(40-35(46)42-18-16-30(17-19-42)44-24-28-12-8-9-13-31(28)39-36(44)47)34(45)43(22-26-10-6-5-7-11-26)23-29(27)21-33(25)41-37(48)49-38(2,3)4/h5-13,20-21,30,32H,14-19,22-24H2,1-4H3,(H,39,47)(H,40,46)(H,41,48)/t32-/m1/s1. The number of piperidine rings is 1. The predicted octanol–water partition coefficient (Wildman–Crippen LogP) is 6.41. The number of para-hydroxylation sites is 1. The van der Waals surface area contributed by atoms with Crippen LogP contribution in [0.2, 0.25) is 0 Å². The van der Waals surface area contributed by atoms with E-state index in [1.165, 1.54) is 0 Å². The fourth-order valence-electron chi connectivity index (χ4n) is 6.88. The molecule has 6 rings (SSSR count). The van der Waals surface area contributed by atoms with Gasteiger partial charge in [0.15, 0.2) is 0 Å². The lowest BCUT2D eigenvalue weighted by molar-refractivity contribution is -0.135. The van der Waals surface area contributed by atoms with Crippen molar-refractivity contribution < 1.29 is 23.9 Å². The molecule has 0 saturated carbocycles. The Morgan fingerprint density at radius 3 is 2.35 bits per heavy atom. The summed E-state index contributed by atoms with van der Waals surface area (Å²) < 4.78 is 5.48. The number of likely N-dealkylation sites (tertiary alicyclic amines) is 1. The SMILES string of the molecule is Cc1cc2c(cc1NC(=O)OC(C)(C)C)CN(Cc1ccccc1)C(=O)[C@H](NC(=O)N1CCC(N3Cc4ccccc4NC3=O)CC1)CC2. The number of hydrogen-bond donors (Lipinski definition) is 3. The Balaban J connectivity index is 1.15. The van der Waals surface area contributed by atoms with Crippen LogP contribution in [-0.4, -0.2) is 69.5 Å². The maximum absolute atomic E-state index is 14.2. The van der Waals surface area contributed by atoms with Crippen molar-refractivity contribution in [2.75, 3.05) is 23.7 Å². The third-order valence-corrected chi connectivity index (χ3v) is 9.42. The van der Waals surface area contributed by atoms with Crippen molar-refractivity contribution in [3.8, 4) is 0 Å². The summed E-state index contributed by atoms with van der Waals surface area (Å²) in [6, 6.07) is 20.6. The molecular weight excluding hydrogens is 620 g/mol. The molecule has 0 radical (unpaired) electrons. The Morgan fingerprint density at radius 1 is 0.898 bits per heavy atom. The van der Waals surface area contributed by atoms with Gasteiger partial charge in [0.25, 0.3) is 0 Å². The quantitative estimate of drug-likeness (QED) is 0.291. The van der Waals surface area contributed by atoms with Gasteiger partial charge in [-0.2, -0.15) is 0 Å². The van der Waals surface area contributed by atoms with Crippen molar-refractivity contribution >= 4 is 35.4 Å². The van der Waals surface area contributed by atoms with Crippen molar-refractivity contribution in [3.05, 3.63) is 94.5 Å². The molecule has 0 unspecified atom stereocenters. The Morgan fingerprint density at radius 2 is 1.61 bits per heavy atom. The van der Waals surface area contributed by atoms with E-state index < -0.39 is 17.7 Å². The fourth-order valence-corrected chi connectivity index (χ4v) is 6.88. The average molecular weight is 667 g/mol. The first kappa shape index (κ1) is 33.8. The molecule has 11 heteroatoms. The summed E-state index contributed by atoms with van der Waals surface area (Å²) in [6.07, 6.45) is 1.81. The lowest BCUT2D eigenvalue weighted by Gasteiger charge is -2.41.